The maximum atomic E-state index is 12.4. The van der Waals surface area contributed by atoms with Crippen molar-refractivity contribution < 1.29 is 9.59 Å². The van der Waals surface area contributed by atoms with E-state index in [1.165, 1.54) is 0 Å². The quantitative estimate of drug-likeness (QED) is 0.816. The first-order chi connectivity index (χ1) is 12.1. The summed E-state index contributed by atoms with van der Waals surface area (Å²) in [7, 11) is 0. The maximum Gasteiger partial charge on any atom is 0.269 e. The van der Waals surface area contributed by atoms with Crippen LogP contribution in [0, 0.1) is 5.92 Å². The number of amides is 2. The summed E-state index contributed by atoms with van der Waals surface area (Å²) in [6.45, 7) is 1.33. The molecule has 2 N–H and O–H groups in total. The standard InChI is InChI=1S/C17H18ClN5O2/c18-14-6-4-12(5-7-14)15(24)21-22-16(25)13-3-1-10-23(11-13)17-19-8-2-9-20-17/h2,4-9,13H,1,3,10-11H2,(H,21,24)(H,22,25). The van der Waals surface area contributed by atoms with E-state index >= 15 is 0 Å². The zero-order chi connectivity index (χ0) is 17.6. The summed E-state index contributed by atoms with van der Waals surface area (Å²) in [6.07, 6.45) is 4.98. The van der Waals surface area contributed by atoms with Crippen LogP contribution in [-0.2, 0) is 4.79 Å². The number of aromatic nitrogens is 2. The summed E-state index contributed by atoms with van der Waals surface area (Å²) in [6, 6.07) is 8.19. The lowest BCUT2D eigenvalue weighted by Crippen LogP contribution is -2.49. The highest BCUT2D eigenvalue weighted by Gasteiger charge is 2.27. The molecular weight excluding hydrogens is 342 g/mol. The van der Waals surface area contributed by atoms with E-state index in [9.17, 15) is 9.59 Å². The van der Waals surface area contributed by atoms with Gasteiger partial charge >= 0.3 is 0 Å². The number of hydrazine groups is 1. The minimum Gasteiger partial charge on any atom is -0.340 e. The Morgan fingerprint density at radius 3 is 2.56 bits per heavy atom. The predicted molar refractivity (Wildman–Crippen MR) is 94.0 cm³/mol. The topological polar surface area (TPSA) is 87.2 Å². The Kier molecular flexibility index (Phi) is 5.45. The summed E-state index contributed by atoms with van der Waals surface area (Å²) >= 11 is 5.79. The highest BCUT2D eigenvalue weighted by atomic mass is 35.5. The molecule has 7 nitrogen and oxygen atoms in total. The summed E-state index contributed by atoms with van der Waals surface area (Å²) < 4.78 is 0. The lowest BCUT2D eigenvalue weighted by Gasteiger charge is -2.31. The molecule has 8 heteroatoms. The molecule has 25 heavy (non-hydrogen) atoms. The van der Waals surface area contributed by atoms with Crippen molar-refractivity contribution in [1.82, 2.24) is 20.8 Å². The normalized spacial score (nSPS) is 17.0. The van der Waals surface area contributed by atoms with E-state index in [0.717, 1.165) is 19.4 Å². The molecule has 3 rings (SSSR count). The zero-order valence-electron chi connectivity index (χ0n) is 13.5. The van der Waals surface area contributed by atoms with Crippen LogP contribution in [0.5, 0.6) is 0 Å². The van der Waals surface area contributed by atoms with E-state index in [2.05, 4.69) is 20.8 Å². The Labute approximate surface area is 150 Å². The second kappa shape index (κ2) is 7.94. The van der Waals surface area contributed by atoms with Gasteiger partial charge in [0.2, 0.25) is 11.9 Å². The zero-order valence-corrected chi connectivity index (χ0v) is 14.2. The highest BCUT2D eigenvalue weighted by molar-refractivity contribution is 6.30. The second-order valence-corrected chi connectivity index (χ2v) is 6.22. The summed E-state index contributed by atoms with van der Waals surface area (Å²) in [5.74, 6) is -0.222. The molecule has 2 heterocycles. The van der Waals surface area contributed by atoms with E-state index in [0.29, 0.717) is 23.1 Å². The Morgan fingerprint density at radius 2 is 1.84 bits per heavy atom. The SMILES string of the molecule is O=C(NNC(=O)C1CCCN(c2ncccn2)C1)c1ccc(Cl)cc1. The third-order valence-electron chi connectivity index (χ3n) is 4.03. The average Bonchev–Trinajstić information content (AvgIpc) is 2.67. The molecule has 0 radical (unpaired) electrons. The summed E-state index contributed by atoms with van der Waals surface area (Å²) in [5, 5.41) is 0.547. The Hall–Kier alpha value is -2.67. The van der Waals surface area contributed by atoms with Crippen LogP contribution in [0.2, 0.25) is 5.02 Å². The highest BCUT2D eigenvalue weighted by Crippen LogP contribution is 2.19. The number of piperidine rings is 1. The predicted octanol–water partition coefficient (Wildman–Crippen LogP) is 1.81. The van der Waals surface area contributed by atoms with E-state index in [1.807, 2.05) is 4.90 Å². The minimum atomic E-state index is -0.385. The smallest absolute Gasteiger partial charge is 0.269 e. The number of carbonyl (C=O) groups is 2. The molecule has 2 amide bonds. The number of benzene rings is 1. The van der Waals surface area contributed by atoms with Crippen molar-refractivity contribution in [2.24, 2.45) is 5.92 Å². The molecule has 1 atom stereocenters. The van der Waals surface area contributed by atoms with Crippen LogP contribution in [0.3, 0.4) is 0 Å². The lowest BCUT2D eigenvalue weighted by atomic mass is 9.98. The van der Waals surface area contributed by atoms with Gasteiger partial charge in [0.05, 0.1) is 5.92 Å². The molecule has 130 valence electrons. The molecule has 0 aliphatic carbocycles. The summed E-state index contributed by atoms with van der Waals surface area (Å²) in [5.41, 5.74) is 5.36. The Bertz CT molecular complexity index is 738. The van der Waals surface area contributed by atoms with Gasteiger partial charge in [-0.2, -0.15) is 0 Å². The molecule has 1 aromatic carbocycles. The third-order valence-corrected chi connectivity index (χ3v) is 4.28. The average molecular weight is 360 g/mol. The molecule has 1 aliphatic heterocycles. The van der Waals surface area contributed by atoms with Gasteiger partial charge in [0.1, 0.15) is 0 Å². The van der Waals surface area contributed by atoms with Crippen molar-refractivity contribution in [2.75, 3.05) is 18.0 Å². The molecule has 0 spiro atoms. The van der Waals surface area contributed by atoms with Crippen molar-refractivity contribution >= 4 is 29.4 Å². The summed E-state index contributed by atoms with van der Waals surface area (Å²) in [4.78, 5) is 34.8. The molecule has 1 fully saturated rings. The van der Waals surface area contributed by atoms with Crippen LogP contribution in [-0.4, -0.2) is 34.9 Å². The van der Waals surface area contributed by atoms with Gasteiger partial charge in [0, 0.05) is 36.1 Å². The minimum absolute atomic E-state index is 0.219. The first-order valence-corrected chi connectivity index (χ1v) is 8.39. The molecule has 1 saturated heterocycles. The number of halogens is 1. The van der Waals surface area contributed by atoms with Gasteiger partial charge in [0.25, 0.3) is 5.91 Å². The molecule has 2 aromatic rings. The lowest BCUT2D eigenvalue weighted by molar-refractivity contribution is -0.126. The number of hydrogen-bond donors (Lipinski definition) is 2. The number of nitrogens with zero attached hydrogens (tertiary/aromatic N) is 3. The van der Waals surface area contributed by atoms with E-state index < -0.39 is 0 Å². The van der Waals surface area contributed by atoms with Gasteiger partial charge < -0.3 is 4.90 Å². The first kappa shape index (κ1) is 17.2. The number of rotatable bonds is 3. The van der Waals surface area contributed by atoms with Crippen molar-refractivity contribution in [2.45, 2.75) is 12.8 Å². The molecule has 1 aromatic heterocycles. The van der Waals surface area contributed by atoms with Crippen LogP contribution in [0.15, 0.2) is 42.7 Å². The van der Waals surface area contributed by atoms with Crippen molar-refractivity contribution in [1.29, 1.82) is 0 Å². The van der Waals surface area contributed by atoms with Gasteiger partial charge in [-0.15, -0.1) is 0 Å². The van der Waals surface area contributed by atoms with Crippen LogP contribution in [0.4, 0.5) is 5.95 Å². The number of hydrogen-bond acceptors (Lipinski definition) is 5. The molecule has 0 bridgehead atoms. The van der Waals surface area contributed by atoms with Gasteiger partial charge in [0.15, 0.2) is 0 Å². The maximum absolute atomic E-state index is 12.4. The molecule has 1 unspecified atom stereocenters. The van der Waals surface area contributed by atoms with Gasteiger partial charge in [-0.05, 0) is 43.2 Å². The van der Waals surface area contributed by atoms with E-state index in [4.69, 9.17) is 11.6 Å². The number of nitrogens with one attached hydrogen (secondary N) is 2. The first-order valence-electron chi connectivity index (χ1n) is 8.01. The largest absolute Gasteiger partial charge is 0.340 e. The van der Waals surface area contributed by atoms with Crippen LogP contribution >= 0.6 is 11.6 Å². The Morgan fingerprint density at radius 1 is 1.12 bits per heavy atom. The van der Waals surface area contributed by atoms with Crippen LogP contribution < -0.4 is 15.8 Å². The number of anilines is 1. The van der Waals surface area contributed by atoms with Crippen LogP contribution in [0.1, 0.15) is 23.2 Å². The fourth-order valence-electron chi connectivity index (χ4n) is 2.72. The fraction of sp³-hybridized carbons (Fsp3) is 0.294. The fourth-order valence-corrected chi connectivity index (χ4v) is 2.85. The van der Waals surface area contributed by atoms with Crippen molar-refractivity contribution in [3.8, 4) is 0 Å². The van der Waals surface area contributed by atoms with Crippen LogP contribution in [0.25, 0.3) is 0 Å². The van der Waals surface area contributed by atoms with E-state index in [-0.39, 0.29) is 17.7 Å². The van der Waals surface area contributed by atoms with Crippen molar-refractivity contribution in [3.63, 3.8) is 0 Å². The molecular formula is C17H18ClN5O2. The number of carbonyl (C=O) groups excluding carboxylic acids is 2. The van der Waals surface area contributed by atoms with Crippen molar-refractivity contribution in [3.05, 3.63) is 53.3 Å². The van der Waals surface area contributed by atoms with Gasteiger partial charge in [-0.25, -0.2) is 9.97 Å². The molecule has 0 saturated carbocycles. The molecule has 1 aliphatic rings. The van der Waals surface area contributed by atoms with E-state index in [1.54, 1.807) is 42.7 Å². The monoisotopic (exact) mass is 359 g/mol. The third kappa shape index (κ3) is 4.45. The van der Waals surface area contributed by atoms with Gasteiger partial charge in [-0.1, -0.05) is 11.6 Å². The Balaban J connectivity index is 1.54. The van der Waals surface area contributed by atoms with Gasteiger partial charge in [-0.3, -0.25) is 20.4 Å². The second-order valence-electron chi connectivity index (χ2n) is 5.78.